The molecule has 21 heavy (non-hydrogen) atoms. The van der Waals surface area contributed by atoms with Crippen molar-refractivity contribution in [2.24, 2.45) is 0 Å². The van der Waals surface area contributed by atoms with Crippen LogP contribution in [0.3, 0.4) is 0 Å². The molecule has 0 aliphatic rings. The predicted octanol–water partition coefficient (Wildman–Crippen LogP) is 6.29. The van der Waals surface area contributed by atoms with Crippen molar-refractivity contribution in [3.8, 4) is 11.5 Å². The maximum Gasteiger partial charge on any atom is 0.419 e. The van der Waals surface area contributed by atoms with Gasteiger partial charge in [0.2, 0.25) is 0 Å². The summed E-state index contributed by atoms with van der Waals surface area (Å²) in [5.74, 6) is -1.46. The molecule has 0 radical (unpaired) electrons. The van der Waals surface area contributed by atoms with Crippen molar-refractivity contribution < 1.29 is 22.3 Å². The Hall–Kier alpha value is -1.08. The Bertz CT molecular complexity index is 656. The minimum Gasteiger partial charge on any atom is -0.454 e. The molecular formula is C14H8Br2F4O. The number of benzene rings is 2. The van der Waals surface area contributed by atoms with Gasteiger partial charge in [0.15, 0.2) is 11.6 Å². The second kappa shape index (κ2) is 6.36. The molecule has 0 saturated carbocycles. The van der Waals surface area contributed by atoms with Crippen molar-refractivity contribution in [3.05, 3.63) is 57.8 Å². The van der Waals surface area contributed by atoms with Crippen LogP contribution in [0, 0.1) is 5.82 Å². The third kappa shape index (κ3) is 3.97. The van der Waals surface area contributed by atoms with Crippen molar-refractivity contribution in [2.45, 2.75) is 11.5 Å². The standard InChI is InChI=1S/C14H8Br2F4O/c15-7-8-1-4-12(10(5-8)14(18,19)20)21-13-6-9(16)2-3-11(13)17/h1-6H,7H2. The Balaban J connectivity index is 2.46. The molecule has 112 valence electrons. The summed E-state index contributed by atoms with van der Waals surface area (Å²) in [4.78, 5) is 0. The normalized spacial score (nSPS) is 11.5. The zero-order valence-corrected chi connectivity index (χ0v) is 13.5. The van der Waals surface area contributed by atoms with Gasteiger partial charge in [0.1, 0.15) is 5.75 Å². The van der Waals surface area contributed by atoms with E-state index in [1.54, 1.807) is 0 Å². The first-order chi connectivity index (χ1) is 9.81. The Morgan fingerprint density at radius 3 is 2.33 bits per heavy atom. The van der Waals surface area contributed by atoms with Gasteiger partial charge in [-0.25, -0.2) is 4.39 Å². The van der Waals surface area contributed by atoms with Gasteiger partial charge in [0.05, 0.1) is 5.56 Å². The van der Waals surface area contributed by atoms with Crippen LogP contribution in [0.5, 0.6) is 11.5 Å². The first-order valence-electron chi connectivity index (χ1n) is 5.70. The average molecular weight is 428 g/mol. The number of alkyl halides is 4. The molecule has 0 fully saturated rings. The van der Waals surface area contributed by atoms with Crippen LogP contribution in [0.4, 0.5) is 17.6 Å². The second-order valence-electron chi connectivity index (χ2n) is 4.14. The van der Waals surface area contributed by atoms with E-state index in [0.717, 1.165) is 12.1 Å². The smallest absolute Gasteiger partial charge is 0.419 e. The molecular weight excluding hydrogens is 420 g/mol. The predicted molar refractivity (Wildman–Crippen MR) is 78.2 cm³/mol. The number of hydrogen-bond acceptors (Lipinski definition) is 1. The van der Waals surface area contributed by atoms with Crippen molar-refractivity contribution in [2.75, 3.05) is 0 Å². The average Bonchev–Trinajstić information content (AvgIpc) is 2.42. The summed E-state index contributed by atoms with van der Waals surface area (Å²) in [6.45, 7) is 0. The molecule has 0 aliphatic heterocycles. The van der Waals surface area contributed by atoms with Gasteiger partial charge in [-0.2, -0.15) is 13.2 Å². The SMILES string of the molecule is Fc1ccc(Br)cc1Oc1ccc(CBr)cc1C(F)(F)F. The molecule has 0 unspecified atom stereocenters. The maximum atomic E-state index is 13.6. The Morgan fingerprint density at radius 2 is 1.71 bits per heavy atom. The molecule has 2 rings (SSSR count). The molecule has 0 N–H and O–H groups in total. The van der Waals surface area contributed by atoms with Gasteiger partial charge in [0.25, 0.3) is 0 Å². The van der Waals surface area contributed by atoms with Gasteiger partial charge >= 0.3 is 6.18 Å². The fraction of sp³-hybridized carbons (Fsp3) is 0.143. The molecule has 0 aliphatic carbocycles. The second-order valence-corrected chi connectivity index (χ2v) is 5.62. The quantitative estimate of drug-likeness (QED) is 0.413. The Morgan fingerprint density at radius 1 is 1.00 bits per heavy atom. The highest BCUT2D eigenvalue weighted by Crippen LogP contribution is 2.39. The molecule has 2 aromatic rings. The summed E-state index contributed by atoms with van der Waals surface area (Å²) in [6, 6.07) is 7.45. The summed E-state index contributed by atoms with van der Waals surface area (Å²) in [6.07, 6.45) is -4.59. The number of hydrogen-bond donors (Lipinski definition) is 0. The molecule has 0 amide bonds. The highest BCUT2D eigenvalue weighted by Gasteiger charge is 2.35. The van der Waals surface area contributed by atoms with Gasteiger partial charge in [-0.1, -0.05) is 37.9 Å². The molecule has 0 spiro atoms. The van der Waals surface area contributed by atoms with E-state index in [1.165, 1.54) is 24.3 Å². The zero-order chi connectivity index (χ0) is 15.6. The lowest BCUT2D eigenvalue weighted by Crippen LogP contribution is -2.08. The van der Waals surface area contributed by atoms with Crippen molar-refractivity contribution in [1.82, 2.24) is 0 Å². The highest BCUT2D eigenvalue weighted by molar-refractivity contribution is 9.10. The maximum absolute atomic E-state index is 13.6. The largest absolute Gasteiger partial charge is 0.454 e. The molecule has 2 aromatic carbocycles. The van der Waals surface area contributed by atoms with Crippen LogP contribution in [-0.4, -0.2) is 0 Å². The molecule has 0 bridgehead atoms. The summed E-state index contributed by atoms with van der Waals surface area (Å²) in [5.41, 5.74) is -0.497. The monoisotopic (exact) mass is 426 g/mol. The van der Waals surface area contributed by atoms with E-state index in [9.17, 15) is 17.6 Å². The van der Waals surface area contributed by atoms with Crippen LogP contribution in [-0.2, 0) is 11.5 Å². The Labute approximate surface area is 135 Å². The summed E-state index contributed by atoms with van der Waals surface area (Å²) < 4.78 is 58.4. The number of rotatable bonds is 3. The van der Waals surface area contributed by atoms with E-state index in [-0.39, 0.29) is 11.1 Å². The first-order valence-corrected chi connectivity index (χ1v) is 7.61. The van der Waals surface area contributed by atoms with Crippen LogP contribution >= 0.6 is 31.9 Å². The summed E-state index contributed by atoms with van der Waals surface area (Å²) in [5, 5.41) is 0.279. The summed E-state index contributed by atoms with van der Waals surface area (Å²) >= 11 is 6.21. The van der Waals surface area contributed by atoms with Crippen LogP contribution in [0.1, 0.15) is 11.1 Å². The van der Waals surface area contributed by atoms with Gasteiger partial charge in [-0.15, -0.1) is 0 Å². The topological polar surface area (TPSA) is 9.23 Å². The Kier molecular flexibility index (Phi) is 4.93. The lowest BCUT2D eigenvalue weighted by atomic mass is 10.1. The van der Waals surface area contributed by atoms with E-state index < -0.39 is 23.3 Å². The van der Waals surface area contributed by atoms with Crippen molar-refractivity contribution >= 4 is 31.9 Å². The van der Waals surface area contributed by atoms with Crippen LogP contribution in [0.25, 0.3) is 0 Å². The third-order valence-electron chi connectivity index (χ3n) is 2.62. The molecule has 0 heterocycles. The minimum atomic E-state index is -4.59. The van der Waals surface area contributed by atoms with E-state index in [1.807, 2.05) is 0 Å². The van der Waals surface area contributed by atoms with Gasteiger partial charge in [-0.05, 0) is 35.9 Å². The third-order valence-corrected chi connectivity index (χ3v) is 3.76. The lowest BCUT2D eigenvalue weighted by Gasteiger charge is -2.15. The van der Waals surface area contributed by atoms with Gasteiger partial charge in [-0.3, -0.25) is 0 Å². The van der Waals surface area contributed by atoms with Crippen LogP contribution < -0.4 is 4.74 Å². The van der Waals surface area contributed by atoms with E-state index in [0.29, 0.717) is 10.0 Å². The van der Waals surface area contributed by atoms with Gasteiger partial charge < -0.3 is 4.74 Å². The van der Waals surface area contributed by atoms with Gasteiger partial charge in [0, 0.05) is 9.80 Å². The van der Waals surface area contributed by atoms with E-state index >= 15 is 0 Å². The van der Waals surface area contributed by atoms with Crippen LogP contribution in [0.2, 0.25) is 0 Å². The summed E-state index contributed by atoms with van der Waals surface area (Å²) in [7, 11) is 0. The van der Waals surface area contributed by atoms with E-state index in [4.69, 9.17) is 4.74 Å². The highest BCUT2D eigenvalue weighted by atomic mass is 79.9. The van der Waals surface area contributed by atoms with Crippen LogP contribution in [0.15, 0.2) is 40.9 Å². The van der Waals surface area contributed by atoms with E-state index in [2.05, 4.69) is 31.9 Å². The number of halogens is 6. The first kappa shape index (κ1) is 16.3. The molecule has 0 saturated heterocycles. The molecule has 7 heteroatoms. The zero-order valence-electron chi connectivity index (χ0n) is 10.3. The molecule has 0 atom stereocenters. The fourth-order valence-electron chi connectivity index (χ4n) is 1.64. The van der Waals surface area contributed by atoms with Crippen molar-refractivity contribution in [1.29, 1.82) is 0 Å². The fourth-order valence-corrected chi connectivity index (χ4v) is 2.33. The lowest BCUT2D eigenvalue weighted by molar-refractivity contribution is -0.138. The van der Waals surface area contributed by atoms with Crippen molar-refractivity contribution in [3.63, 3.8) is 0 Å². The molecule has 1 nitrogen and oxygen atoms in total. The number of ether oxygens (including phenoxy) is 1. The minimum absolute atomic E-state index is 0.276. The molecule has 0 aromatic heterocycles.